The monoisotopic (exact) mass is 442 g/mol. The van der Waals surface area contributed by atoms with Gasteiger partial charge in [0, 0.05) is 11.6 Å². The van der Waals surface area contributed by atoms with Crippen LogP contribution in [0.5, 0.6) is 0 Å². The maximum Gasteiger partial charge on any atom is 0.264 e. The topological polar surface area (TPSA) is 66.5 Å². The van der Waals surface area contributed by atoms with Gasteiger partial charge in [-0.25, -0.2) is 8.42 Å². The lowest BCUT2D eigenvalue weighted by Crippen LogP contribution is -2.41. The number of hydrogen-bond acceptors (Lipinski definition) is 3. The predicted molar refractivity (Wildman–Crippen MR) is 120 cm³/mol. The van der Waals surface area contributed by atoms with E-state index in [4.69, 9.17) is 11.6 Å². The standard InChI is InChI=1S/C23H23ClN2O3S/c1-18-10-12-22(13-11-18)30(28,29)26(21-9-5-8-20(24)16-21)17-23(27)25-15-14-19-6-3-2-4-7-19/h2-13,16H,14-15,17H2,1H3,(H,25,27). The van der Waals surface area contributed by atoms with Crippen molar-refractivity contribution in [1.82, 2.24) is 5.32 Å². The molecule has 0 aromatic heterocycles. The fourth-order valence-corrected chi connectivity index (χ4v) is 4.56. The minimum Gasteiger partial charge on any atom is -0.354 e. The molecule has 0 saturated heterocycles. The predicted octanol–water partition coefficient (Wildman–Crippen LogP) is 4.20. The summed E-state index contributed by atoms with van der Waals surface area (Å²) in [7, 11) is -3.95. The SMILES string of the molecule is Cc1ccc(S(=O)(=O)N(CC(=O)NCCc2ccccc2)c2cccc(Cl)c2)cc1. The van der Waals surface area contributed by atoms with Gasteiger partial charge in [0.15, 0.2) is 0 Å². The van der Waals surface area contributed by atoms with Gasteiger partial charge in [0.05, 0.1) is 10.6 Å². The highest BCUT2D eigenvalue weighted by atomic mass is 35.5. The van der Waals surface area contributed by atoms with E-state index in [0.717, 1.165) is 15.4 Å². The second-order valence-corrected chi connectivity index (χ2v) is 9.19. The van der Waals surface area contributed by atoms with Gasteiger partial charge in [0.25, 0.3) is 10.0 Å². The van der Waals surface area contributed by atoms with Gasteiger partial charge in [0.1, 0.15) is 6.54 Å². The molecule has 1 amide bonds. The normalized spacial score (nSPS) is 11.1. The van der Waals surface area contributed by atoms with E-state index in [2.05, 4.69) is 5.32 Å². The molecule has 3 aromatic rings. The molecule has 0 saturated carbocycles. The van der Waals surface area contributed by atoms with Crippen LogP contribution in [-0.2, 0) is 21.2 Å². The number of halogens is 1. The molecule has 0 radical (unpaired) electrons. The molecule has 0 fully saturated rings. The Morgan fingerprint density at radius 3 is 2.33 bits per heavy atom. The minimum absolute atomic E-state index is 0.116. The Kier molecular flexibility index (Phi) is 7.13. The summed E-state index contributed by atoms with van der Waals surface area (Å²) in [5.41, 5.74) is 2.37. The molecule has 0 atom stereocenters. The number of nitrogens with zero attached hydrogens (tertiary/aromatic N) is 1. The van der Waals surface area contributed by atoms with Gasteiger partial charge in [-0.3, -0.25) is 9.10 Å². The molecule has 3 rings (SSSR count). The van der Waals surface area contributed by atoms with Crippen molar-refractivity contribution in [2.75, 3.05) is 17.4 Å². The lowest BCUT2D eigenvalue weighted by Gasteiger charge is -2.24. The highest BCUT2D eigenvalue weighted by molar-refractivity contribution is 7.92. The number of carbonyl (C=O) groups is 1. The summed E-state index contributed by atoms with van der Waals surface area (Å²) < 4.78 is 27.7. The molecule has 0 spiro atoms. The van der Waals surface area contributed by atoms with Gasteiger partial charge in [-0.05, 0) is 49.2 Å². The van der Waals surface area contributed by atoms with Gasteiger partial charge in [-0.2, -0.15) is 0 Å². The highest BCUT2D eigenvalue weighted by Gasteiger charge is 2.27. The van der Waals surface area contributed by atoms with Crippen LogP contribution >= 0.6 is 11.6 Å². The fraction of sp³-hybridized carbons (Fsp3) is 0.174. The van der Waals surface area contributed by atoms with Gasteiger partial charge >= 0.3 is 0 Å². The number of hydrogen-bond donors (Lipinski definition) is 1. The Balaban J connectivity index is 1.79. The van der Waals surface area contributed by atoms with Crippen LogP contribution in [0.4, 0.5) is 5.69 Å². The Hall–Kier alpha value is -2.83. The van der Waals surface area contributed by atoms with Crippen LogP contribution in [0.25, 0.3) is 0 Å². The van der Waals surface area contributed by atoms with Crippen molar-refractivity contribution in [3.05, 3.63) is 95.0 Å². The molecule has 0 aliphatic carbocycles. The van der Waals surface area contributed by atoms with Crippen molar-refractivity contribution in [3.8, 4) is 0 Å². The molecule has 0 bridgehead atoms. The molecule has 5 nitrogen and oxygen atoms in total. The van der Waals surface area contributed by atoms with E-state index in [1.807, 2.05) is 37.3 Å². The summed E-state index contributed by atoms with van der Waals surface area (Å²) in [6.45, 7) is 1.95. The summed E-state index contributed by atoms with van der Waals surface area (Å²) in [5.74, 6) is -0.387. The molecule has 0 aliphatic heterocycles. The van der Waals surface area contributed by atoms with Gasteiger partial charge in [0.2, 0.25) is 5.91 Å². The number of anilines is 1. The van der Waals surface area contributed by atoms with Crippen molar-refractivity contribution in [2.45, 2.75) is 18.2 Å². The first-order chi connectivity index (χ1) is 14.4. The second kappa shape index (κ2) is 9.78. The molecular weight excluding hydrogens is 420 g/mol. The maximum atomic E-state index is 13.3. The zero-order valence-electron chi connectivity index (χ0n) is 16.6. The lowest BCUT2D eigenvalue weighted by atomic mass is 10.1. The molecule has 0 aliphatic rings. The molecule has 0 heterocycles. The first kappa shape index (κ1) is 21.9. The van der Waals surface area contributed by atoms with E-state index in [9.17, 15) is 13.2 Å². The van der Waals surface area contributed by atoms with E-state index in [1.54, 1.807) is 30.3 Å². The quantitative estimate of drug-likeness (QED) is 0.568. The molecule has 156 valence electrons. The smallest absolute Gasteiger partial charge is 0.264 e. The third-order valence-corrected chi connectivity index (χ3v) is 6.59. The first-order valence-electron chi connectivity index (χ1n) is 9.52. The summed E-state index contributed by atoms with van der Waals surface area (Å²) in [5, 5.41) is 3.19. The van der Waals surface area contributed by atoms with Crippen molar-refractivity contribution in [3.63, 3.8) is 0 Å². The summed E-state index contributed by atoms with van der Waals surface area (Å²) >= 11 is 6.07. The van der Waals surface area contributed by atoms with E-state index in [1.165, 1.54) is 18.2 Å². The van der Waals surface area contributed by atoms with Crippen molar-refractivity contribution >= 4 is 33.2 Å². The number of sulfonamides is 1. The van der Waals surface area contributed by atoms with Gasteiger partial charge < -0.3 is 5.32 Å². The van der Waals surface area contributed by atoms with Crippen LogP contribution in [0.2, 0.25) is 5.02 Å². The maximum absolute atomic E-state index is 13.3. The van der Waals surface area contributed by atoms with E-state index < -0.39 is 10.0 Å². The number of nitrogens with one attached hydrogen (secondary N) is 1. The van der Waals surface area contributed by atoms with Crippen LogP contribution in [0.1, 0.15) is 11.1 Å². The van der Waals surface area contributed by atoms with Crippen LogP contribution in [0.3, 0.4) is 0 Å². The van der Waals surface area contributed by atoms with E-state index in [0.29, 0.717) is 23.7 Å². The summed E-state index contributed by atoms with van der Waals surface area (Å²) in [6.07, 6.45) is 0.661. The Morgan fingerprint density at radius 2 is 1.67 bits per heavy atom. The number of aryl methyl sites for hydroxylation is 1. The Bertz CT molecular complexity index is 1100. The number of rotatable bonds is 8. The molecule has 1 N–H and O–H groups in total. The van der Waals surface area contributed by atoms with Crippen LogP contribution in [0.15, 0.2) is 83.8 Å². The molecule has 3 aromatic carbocycles. The molecule has 7 heteroatoms. The lowest BCUT2D eigenvalue weighted by molar-refractivity contribution is -0.119. The van der Waals surface area contributed by atoms with E-state index in [-0.39, 0.29) is 17.3 Å². The summed E-state index contributed by atoms with van der Waals surface area (Å²) in [6, 6.07) is 22.7. The minimum atomic E-state index is -3.95. The van der Waals surface area contributed by atoms with Crippen molar-refractivity contribution in [2.24, 2.45) is 0 Å². The largest absolute Gasteiger partial charge is 0.354 e. The van der Waals surface area contributed by atoms with Gasteiger partial charge in [-0.15, -0.1) is 0 Å². The summed E-state index contributed by atoms with van der Waals surface area (Å²) in [4.78, 5) is 12.7. The van der Waals surface area contributed by atoms with Gasteiger partial charge in [-0.1, -0.05) is 65.7 Å². The first-order valence-corrected chi connectivity index (χ1v) is 11.3. The third kappa shape index (κ3) is 5.62. The Labute approximate surface area is 182 Å². The van der Waals surface area contributed by atoms with Crippen molar-refractivity contribution < 1.29 is 13.2 Å². The number of carbonyl (C=O) groups excluding carboxylic acids is 1. The zero-order chi connectivity index (χ0) is 21.6. The molecule has 30 heavy (non-hydrogen) atoms. The Morgan fingerprint density at radius 1 is 0.967 bits per heavy atom. The number of benzene rings is 3. The van der Waals surface area contributed by atoms with Crippen molar-refractivity contribution in [1.29, 1.82) is 0 Å². The highest BCUT2D eigenvalue weighted by Crippen LogP contribution is 2.26. The van der Waals surface area contributed by atoms with Crippen LogP contribution in [-0.4, -0.2) is 27.4 Å². The zero-order valence-corrected chi connectivity index (χ0v) is 18.2. The van der Waals surface area contributed by atoms with Crippen LogP contribution < -0.4 is 9.62 Å². The second-order valence-electron chi connectivity index (χ2n) is 6.89. The molecule has 0 unspecified atom stereocenters. The number of amides is 1. The third-order valence-electron chi connectivity index (χ3n) is 4.57. The fourth-order valence-electron chi connectivity index (χ4n) is 2.96. The average molecular weight is 443 g/mol. The molecular formula is C23H23ClN2O3S. The van der Waals surface area contributed by atoms with Crippen LogP contribution in [0, 0.1) is 6.92 Å². The average Bonchev–Trinajstić information content (AvgIpc) is 2.73. The van der Waals surface area contributed by atoms with E-state index >= 15 is 0 Å².